The maximum Gasteiger partial charge on any atom is 0.407 e. The Labute approximate surface area is 160 Å². The van der Waals surface area contributed by atoms with Gasteiger partial charge in [-0.3, -0.25) is 0 Å². The molecule has 2 aromatic rings. The molecule has 5 nitrogen and oxygen atoms in total. The topological polar surface area (TPSA) is 70.0 Å². The van der Waals surface area contributed by atoms with Gasteiger partial charge in [-0.2, -0.15) is 0 Å². The van der Waals surface area contributed by atoms with E-state index in [0.717, 1.165) is 21.2 Å². The zero-order valence-electron chi connectivity index (χ0n) is 14.1. The minimum absolute atomic E-state index is 0.133. The molecular formula is C20H20BrNO4. The van der Waals surface area contributed by atoms with Crippen LogP contribution in [0.1, 0.15) is 23.7 Å². The zero-order chi connectivity index (χ0) is 18.5. The Hall–Kier alpha value is -2.31. The Balaban J connectivity index is 1.77. The molecule has 0 radical (unpaired) electrons. The molecule has 0 bridgehead atoms. The van der Waals surface area contributed by atoms with Gasteiger partial charge < -0.3 is 19.8 Å². The van der Waals surface area contributed by atoms with E-state index in [0.29, 0.717) is 25.3 Å². The highest BCUT2D eigenvalue weighted by molar-refractivity contribution is 9.10. The molecular weight excluding hydrogens is 398 g/mol. The molecule has 2 N–H and O–H groups in total. The van der Waals surface area contributed by atoms with Crippen molar-refractivity contribution < 1.29 is 19.7 Å². The largest absolute Gasteiger partial charge is 0.489 e. The normalized spacial score (nSPS) is 15.3. The summed E-state index contributed by atoms with van der Waals surface area (Å²) in [5, 5.41) is 19.4. The van der Waals surface area contributed by atoms with E-state index < -0.39 is 12.2 Å². The van der Waals surface area contributed by atoms with Crippen LogP contribution in [0.3, 0.4) is 0 Å². The third-order valence-electron chi connectivity index (χ3n) is 4.36. The SMILES string of the molecule is O=C(O)N1CC=C(c2cccc(Br)c2OCC(O)c2ccccc2)CC1. The number of aliphatic hydroxyl groups is 1. The van der Waals surface area contributed by atoms with Crippen LogP contribution in [0.2, 0.25) is 0 Å². The number of para-hydroxylation sites is 1. The van der Waals surface area contributed by atoms with Crippen LogP contribution in [0.4, 0.5) is 4.79 Å². The fourth-order valence-electron chi connectivity index (χ4n) is 2.93. The molecule has 136 valence electrons. The van der Waals surface area contributed by atoms with Crippen molar-refractivity contribution in [2.45, 2.75) is 12.5 Å². The summed E-state index contributed by atoms with van der Waals surface area (Å²) in [7, 11) is 0. The van der Waals surface area contributed by atoms with E-state index >= 15 is 0 Å². The van der Waals surface area contributed by atoms with Crippen molar-refractivity contribution in [3.63, 3.8) is 0 Å². The van der Waals surface area contributed by atoms with Crippen LogP contribution in [0, 0.1) is 0 Å². The first-order chi connectivity index (χ1) is 12.6. The van der Waals surface area contributed by atoms with Gasteiger partial charge in [0, 0.05) is 18.7 Å². The first-order valence-electron chi connectivity index (χ1n) is 8.38. The molecule has 0 spiro atoms. The van der Waals surface area contributed by atoms with Gasteiger partial charge in [-0.1, -0.05) is 48.5 Å². The average molecular weight is 418 g/mol. The van der Waals surface area contributed by atoms with E-state index in [1.54, 1.807) is 0 Å². The van der Waals surface area contributed by atoms with Gasteiger partial charge in [-0.05, 0) is 39.6 Å². The van der Waals surface area contributed by atoms with E-state index in [1.165, 1.54) is 4.90 Å². The summed E-state index contributed by atoms with van der Waals surface area (Å²) in [5.41, 5.74) is 2.77. The van der Waals surface area contributed by atoms with E-state index in [4.69, 9.17) is 9.84 Å². The van der Waals surface area contributed by atoms with Crippen LogP contribution in [0.5, 0.6) is 5.75 Å². The molecule has 1 heterocycles. The Morgan fingerprint density at radius 1 is 1.19 bits per heavy atom. The number of amides is 1. The van der Waals surface area contributed by atoms with E-state index in [9.17, 15) is 9.90 Å². The second-order valence-electron chi connectivity index (χ2n) is 6.06. The van der Waals surface area contributed by atoms with Gasteiger partial charge in [-0.15, -0.1) is 0 Å². The molecule has 1 aliphatic heterocycles. The van der Waals surface area contributed by atoms with Crippen LogP contribution in [0.15, 0.2) is 59.1 Å². The first-order valence-corrected chi connectivity index (χ1v) is 9.17. The van der Waals surface area contributed by atoms with Crippen LogP contribution in [-0.2, 0) is 0 Å². The van der Waals surface area contributed by atoms with Crippen molar-refractivity contribution in [1.29, 1.82) is 0 Å². The lowest BCUT2D eigenvalue weighted by atomic mass is 9.98. The molecule has 0 aliphatic carbocycles. The predicted octanol–water partition coefficient (Wildman–Crippen LogP) is 4.33. The molecule has 1 amide bonds. The van der Waals surface area contributed by atoms with Gasteiger partial charge >= 0.3 is 6.09 Å². The van der Waals surface area contributed by atoms with E-state index in [-0.39, 0.29) is 6.61 Å². The summed E-state index contributed by atoms with van der Waals surface area (Å²) in [6.07, 6.45) is 0.913. The summed E-state index contributed by atoms with van der Waals surface area (Å²) in [5.74, 6) is 0.664. The van der Waals surface area contributed by atoms with Crippen molar-refractivity contribution in [2.24, 2.45) is 0 Å². The zero-order valence-corrected chi connectivity index (χ0v) is 15.7. The standard InChI is InChI=1S/C20H20BrNO4/c21-17-8-4-7-16(14-9-11-22(12-10-14)20(24)25)19(17)26-13-18(23)15-5-2-1-3-6-15/h1-9,18,23H,10-13H2,(H,24,25). The molecule has 6 heteroatoms. The minimum Gasteiger partial charge on any atom is -0.489 e. The lowest BCUT2D eigenvalue weighted by Crippen LogP contribution is -2.33. The van der Waals surface area contributed by atoms with Crippen molar-refractivity contribution in [1.82, 2.24) is 4.90 Å². The summed E-state index contributed by atoms with van der Waals surface area (Å²) >= 11 is 3.52. The Kier molecular flexibility index (Phi) is 5.96. The van der Waals surface area contributed by atoms with Crippen molar-refractivity contribution in [3.8, 4) is 5.75 Å². The number of carbonyl (C=O) groups is 1. The van der Waals surface area contributed by atoms with Crippen LogP contribution < -0.4 is 4.74 Å². The average Bonchev–Trinajstić information content (AvgIpc) is 2.67. The minimum atomic E-state index is -0.906. The summed E-state index contributed by atoms with van der Waals surface area (Å²) in [6, 6.07) is 15.1. The Morgan fingerprint density at radius 3 is 2.62 bits per heavy atom. The molecule has 0 aromatic heterocycles. The Morgan fingerprint density at radius 2 is 1.96 bits per heavy atom. The number of benzene rings is 2. The van der Waals surface area contributed by atoms with Crippen LogP contribution in [-0.4, -0.2) is 40.9 Å². The van der Waals surface area contributed by atoms with Gasteiger partial charge in [0.2, 0.25) is 0 Å². The van der Waals surface area contributed by atoms with E-state index in [2.05, 4.69) is 15.9 Å². The monoisotopic (exact) mass is 417 g/mol. The molecule has 0 saturated heterocycles. The van der Waals surface area contributed by atoms with Gasteiger partial charge in [0.05, 0.1) is 4.47 Å². The molecule has 2 aromatic carbocycles. The quantitative estimate of drug-likeness (QED) is 0.759. The molecule has 0 saturated carbocycles. The highest BCUT2D eigenvalue weighted by Crippen LogP contribution is 2.36. The smallest absolute Gasteiger partial charge is 0.407 e. The lowest BCUT2D eigenvalue weighted by molar-refractivity contribution is 0.107. The molecule has 26 heavy (non-hydrogen) atoms. The first kappa shape index (κ1) is 18.5. The van der Waals surface area contributed by atoms with Gasteiger partial charge in [0.15, 0.2) is 0 Å². The number of ether oxygens (including phenoxy) is 1. The maximum atomic E-state index is 11.1. The number of rotatable bonds is 5. The third-order valence-corrected chi connectivity index (χ3v) is 4.99. The summed E-state index contributed by atoms with van der Waals surface area (Å²) in [6.45, 7) is 0.956. The molecule has 1 atom stereocenters. The summed E-state index contributed by atoms with van der Waals surface area (Å²) < 4.78 is 6.75. The van der Waals surface area contributed by atoms with Crippen LogP contribution >= 0.6 is 15.9 Å². The highest BCUT2D eigenvalue weighted by Gasteiger charge is 2.20. The van der Waals surface area contributed by atoms with Gasteiger partial charge in [0.1, 0.15) is 18.5 Å². The molecule has 3 rings (SSSR count). The van der Waals surface area contributed by atoms with E-state index in [1.807, 2.05) is 54.6 Å². The fraction of sp³-hybridized carbons (Fsp3) is 0.250. The second kappa shape index (κ2) is 8.38. The number of aliphatic hydroxyl groups excluding tert-OH is 1. The number of halogens is 1. The van der Waals surface area contributed by atoms with Gasteiger partial charge in [-0.25, -0.2) is 4.79 Å². The number of nitrogens with zero attached hydrogens (tertiary/aromatic N) is 1. The van der Waals surface area contributed by atoms with Crippen LogP contribution in [0.25, 0.3) is 5.57 Å². The van der Waals surface area contributed by atoms with Crippen molar-refractivity contribution in [2.75, 3.05) is 19.7 Å². The van der Waals surface area contributed by atoms with Gasteiger partial charge in [0.25, 0.3) is 0 Å². The number of carboxylic acid groups (broad SMARTS) is 1. The number of hydrogen-bond acceptors (Lipinski definition) is 3. The molecule has 1 unspecified atom stereocenters. The third kappa shape index (κ3) is 4.26. The van der Waals surface area contributed by atoms with Crippen molar-refractivity contribution >= 4 is 27.6 Å². The number of hydrogen-bond donors (Lipinski definition) is 2. The predicted molar refractivity (Wildman–Crippen MR) is 103 cm³/mol. The fourth-order valence-corrected chi connectivity index (χ4v) is 3.41. The van der Waals surface area contributed by atoms with Crippen molar-refractivity contribution in [3.05, 3.63) is 70.2 Å². The molecule has 0 fully saturated rings. The highest BCUT2D eigenvalue weighted by atomic mass is 79.9. The lowest BCUT2D eigenvalue weighted by Gasteiger charge is -2.25. The Bertz CT molecular complexity index is 807. The molecule has 1 aliphatic rings. The maximum absolute atomic E-state index is 11.1. The second-order valence-corrected chi connectivity index (χ2v) is 6.92. The summed E-state index contributed by atoms with van der Waals surface area (Å²) in [4.78, 5) is 12.4.